The van der Waals surface area contributed by atoms with Gasteiger partial charge < -0.3 is 6.15 Å². The van der Waals surface area contributed by atoms with E-state index in [1.165, 1.54) is 0 Å². The number of rotatable bonds is 0. The van der Waals surface area contributed by atoms with Gasteiger partial charge in [-0.1, -0.05) is 29.7 Å². The van der Waals surface area contributed by atoms with Crippen LogP contribution in [0.15, 0.2) is 0 Å². The van der Waals surface area contributed by atoms with Gasteiger partial charge in [0.15, 0.2) is 0 Å². The molecule has 40 valence electrons. The van der Waals surface area contributed by atoms with Crippen LogP contribution < -0.4 is 6.15 Å². The average Bonchev–Trinajstić information content (AvgIpc) is 0. The normalized spacial score (nSPS) is 0. The third-order valence-electron chi connectivity index (χ3n) is 0. The van der Waals surface area contributed by atoms with Crippen molar-refractivity contribution in [1.29, 1.82) is 0 Å². The van der Waals surface area contributed by atoms with Gasteiger partial charge in [0.25, 0.3) is 0 Å². The second kappa shape index (κ2) is 21700. The van der Waals surface area contributed by atoms with Gasteiger partial charge in [0.2, 0.25) is 0 Å². The minimum Gasteiger partial charge on any atom is -0.344 e. The van der Waals surface area contributed by atoms with Crippen molar-refractivity contribution < 1.29 is 0 Å². The lowest BCUT2D eigenvalue weighted by Gasteiger charge is -0.344. The topological polar surface area (TPSA) is 35.0 Å². The SMILES string of the molecule is C.C.C.C.N. The predicted octanol–water partition coefficient (Wildman–Crippen LogP) is 2.71. The summed E-state index contributed by atoms with van der Waals surface area (Å²) in [6, 6.07) is 0. The molecule has 3 N–H and O–H groups in total. The first-order valence-electron chi connectivity index (χ1n) is 0. The first-order chi connectivity index (χ1) is 0. The summed E-state index contributed by atoms with van der Waals surface area (Å²) < 4.78 is 0. The fraction of sp³-hybridized carbons (Fsp3) is 1.00. The Bertz CT molecular complexity index is 3.61. The summed E-state index contributed by atoms with van der Waals surface area (Å²) in [5.41, 5.74) is 0. The van der Waals surface area contributed by atoms with Crippen LogP contribution in [0.5, 0.6) is 0 Å². The minimum absolute atomic E-state index is 0. The van der Waals surface area contributed by atoms with E-state index in [1.807, 2.05) is 0 Å². The molecule has 0 bridgehead atoms. The molecule has 0 spiro atoms. The third kappa shape index (κ3) is 9510. The lowest BCUT2D eigenvalue weighted by Crippen LogP contribution is -0.481. The quantitative estimate of drug-likeness (QED) is 0.478. The van der Waals surface area contributed by atoms with Gasteiger partial charge in [-0.3, -0.25) is 0 Å². The Kier molecular flexibility index (Phi) is 211000000. The van der Waals surface area contributed by atoms with E-state index in [9.17, 15) is 0 Å². The summed E-state index contributed by atoms with van der Waals surface area (Å²) in [7, 11) is 0. The van der Waals surface area contributed by atoms with E-state index < -0.39 is 0 Å². The van der Waals surface area contributed by atoms with E-state index in [1.54, 1.807) is 0 Å². The summed E-state index contributed by atoms with van der Waals surface area (Å²) in [6.07, 6.45) is 0. The summed E-state index contributed by atoms with van der Waals surface area (Å²) in [6.45, 7) is 0. The zero-order chi connectivity index (χ0) is 0. The maximum absolute atomic E-state index is 0. The van der Waals surface area contributed by atoms with Gasteiger partial charge in [0.05, 0.1) is 0 Å². The smallest absolute Gasteiger partial charge is 0.0776 e. The monoisotopic (exact) mass is 81.2 g/mol. The lowest BCUT2D eigenvalue weighted by molar-refractivity contribution is 2.13. The molecule has 0 rings (SSSR count). The van der Waals surface area contributed by atoms with Gasteiger partial charge in [0.1, 0.15) is 0 Å². The molecule has 5 heavy (non-hydrogen) atoms. The van der Waals surface area contributed by atoms with Gasteiger partial charge in [-0.2, -0.15) is 0 Å². The van der Waals surface area contributed by atoms with E-state index in [-0.39, 0.29) is 35.9 Å². The minimum atomic E-state index is 0. The second-order valence-electron chi connectivity index (χ2n) is 0. The lowest BCUT2D eigenvalue weighted by atomic mass is 12.0. The molecule has 1 heteroatoms. The van der Waals surface area contributed by atoms with Crippen molar-refractivity contribution >= 4 is 0 Å². The molecule has 1 nitrogen and oxygen atoms in total. The highest BCUT2D eigenvalue weighted by Gasteiger charge is -0.0745. The van der Waals surface area contributed by atoms with Gasteiger partial charge >= 0.3 is 0 Å². The Labute approximate surface area is 37.0 Å². The van der Waals surface area contributed by atoms with Crippen molar-refractivity contribution in [2.45, 2.75) is 29.7 Å². The fourth-order valence-electron chi connectivity index (χ4n) is 0. The van der Waals surface area contributed by atoms with E-state index in [0.29, 0.717) is 0 Å². The highest BCUT2D eigenvalue weighted by atomic mass is 14.0. The van der Waals surface area contributed by atoms with Crippen LogP contribution in [0, 0.1) is 0 Å². The standard InChI is InChI=1S/4CH4.H3N/h4*1H4;1H3. The molecule has 0 unspecified atom stereocenters. The van der Waals surface area contributed by atoms with Crippen LogP contribution in [0.3, 0.4) is 0 Å². The van der Waals surface area contributed by atoms with Crippen LogP contribution in [0.4, 0.5) is 0 Å². The van der Waals surface area contributed by atoms with Crippen LogP contribution in [0.1, 0.15) is 29.7 Å². The van der Waals surface area contributed by atoms with Gasteiger partial charge in [-0.25, -0.2) is 0 Å². The Hall–Kier alpha value is -0.0400. The van der Waals surface area contributed by atoms with Crippen molar-refractivity contribution in [1.82, 2.24) is 6.15 Å². The zero-order valence-corrected chi connectivity index (χ0v) is 0.707. The van der Waals surface area contributed by atoms with Crippen molar-refractivity contribution in [2.75, 3.05) is 0 Å². The number of hydrogen-bond acceptors (Lipinski definition) is 1. The first kappa shape index (κ1) is 48600. The molecule has 0 aromatic rings. The summed E-state index contributed by atoms with van der Waals surface area (Å²) in [5.74, 6) is 0. The summed E-state index contributed by atoms with van der Waals surface area (Å²) in [5, 5.41) is 0. The largest absolute Gasteiger partial charge is 0.344 e. The van der Waals surface area contributed by atoms with Gasteiger partial charge in [0, 0.05) is 0 Å². The fourth-order valence-corrected chi connectivity index (χ4v) is 0. The molecule has 0 saturated carbocycles. The highest BCUT2D eigenvalue weighted by Crippen LogP contribution is 0.147. The summed E-state index contributed by atoms with van der Waals surface area (Å²) in [4.78, 5) is 0. The van der Waals surface area contributed by atoms with E-state index in [2.05, 4.69) is 0 Å². The van der Waals surface area contributed by atoms with Crippen LogP contribution in [-0.2, 0) is 0 Å². The predicted molar refractivity (Wildman–Crippen MR) is 31.9 cm³/mol. The Morgan fingerprint density at radius 1 is 0.400 bits per heavy atom. The van der Waals surface area contributed by atoms with Crippen LogP contribution in [-0.4, -0.2) is 0 Å². The van der Waals surface area contributed by atoms with Crippen LogP contribution in [0.25, 0.3) is 0 Å². The van der Waals surface area contributed by atoms with Crippen LogP contribution in [0.2, 0.25) is 0 Å². The molecule has 0 aromatic carbocycles. The van der Waals surface area contributed by atoms with Crippen molar-refractivity contribution in [3.05, 3.63) is 0 Å². The van der Waals surface area contributed by atoms with E-state index in [4.69, 9.17) is 0 Å². The maximum atomic E-state index is 0. The molecular formula is C4H19N. The van der Waals surface area contributed by atoms with Crippen LogP contribution >= 0.6 is 0 Å². The molecule has 0 aliphatic rings. The van der Waals surface area contributed by atoms with Crippen molar-refractivity contribution in [3.63, 3.8) is 0 Å². The highest BCUT2D eigenvalue weighted by molar-refractivity contribution is 2.51. The Morgan fingerprint density at radius 3 is 0.400 bits per heavy atom. The van der Waals surface area contributed by atoms with Gasteiger partial charge in [-0.05, 0) is 0 Å². The molecule has 0 fully saturated rings. The average molecular weight is 81.2 g/mol. The van der Waals surface area contributed by atoms with Crippen molar-refractivity contribution in [2.24, 2.45) is 0 Å². The molecule has 0 amide bonds. The van der Waals surface area contributed by atoms with Crippen molar-refractivity contribution in [3.8, 4) is 0 Å². The molecular weight excluding hydrogens is 62.1 g/mol. The van der Waals surface area contributed by atoms with E-state index in [0.717, 1.165) is 0 Å². The molecule has 0 radical (unpaired) electrons. The zero-order valence-electron chi connectivity index (χ0n) is 0.707. The molecule has 0 heterocycles. The van der Waals surface area contributed by atoms with E-state index >= 15 is 0 Å². The summed E-state index contributed by atoms with van der Waals surface area (Å²) >= 11 is 0. The maximum Gasteiger partial charge on any atom is -0.0776 e. The molecule has 0 aromatic heterocycles. The Balaban J connectivity index is 0. The second-order valence-corrected chi connectivity index (χ2v) is 0. The number of hydrogen-bond donors (Lipinski definition) is 1. The third-order valence-corrected chi connectivity index (χ3v) is 0. The first-order valence-corrected chi connectivity index (χ1v) is 0. The molecule has 0 aliphatic carbocycles. The molecule has 0 atom stereocenters. The Morgan fingerprint density at radius 2 is 0.400 bits per heavy atom. The molecule has 0 aliphatic heterocycles. The molecule has 0 saturated heterocycles. The van der Waals surface area contributed by atoms with Gasteiger partial charge in [-0.15, -0.1) is 0 Å².